The molecule has 1 aliphatic carbocycles. The SMILES string of the molecule is CCOCn1cc(NC(=O)Cn2nc(C(F)F)c(Cl)c2C2CC2)cn1. The highest BCUT2D eigenvalue weighted by Gasteiger charge is 2.34. The van der Waals surface area contributed by atoms with Crippen molar-refractivity contribution in [3.05, 3.63) is 28.8 Å². The third-order valence-corrected chi connectivity index (χ3v) is 4.15. The van der Waals surface area contributed by atoms with E-state index >= 15 is 0 Å². The van der Waals surface area contributed by atoms with Crippen LogP contribution < -0.4 is 5.32 Å². The van der Waals surface area contributed by atoms with Crippen LogP contribution in [0.3, 0.4) is 0 Å². The predicted molar refractivity (Wildman–Crippen MR) is 86.7 cm³/mol. The molecule has 1 saturated carbocycles. The average Bonchev–Trinajstić information content (AvgIpc) is 3.20. The van der Waals surface area contributed by atoms with Crippen molar-refractivity contribution < 1.29 is 18.3 Å². The molecule has 0 spiro atoms. The molecule has 0 aliphatic heterocycles. The molecule has 136 valence electrons. The molecule has 25 heavy (non-hydrogen) atoms. The first-order valence-corrected chi connectivity index (χ1v) is 8.31. The van der Waals surface area contributed by atoms with Gasteiger partial charge in [0.05, 0.1) is 28.8 Å². The van der Waals surface area contributed by atoms with Crippen molar-refractivity contribution in [1.29, 1.82) is 0 Å². The van der Waals surface area contributed by atoms with E-state index in [0.29, 0.717) is 18.0 Å². The molecule has 7 nitrogen and oxygen atoms in total. The molecule has 1 aliphatic rings. The summed E-state index contributed by atoms with van der Waals surface area (Å²) in [7, 11) is 0. The molecule has 0 bridgehead atoms. The summed E-state index contributed by atoms with van der Waals surface area (Å²) in [6.07, 6.45) is 2.06. The predicted octanol–water partition coefficient (Wildman–Crippen LogP) is 3.18. The summed E-state index contributed by atoms with van der Waals surface area (Å²) in [4.78, 5) is 12.2. The molecular formula is C15H18ClF2N5O2. The van der Waals surface area contributed by atoms with E-state index in [2.05, 4.69) is 15.5 Å². The summed E-state index contributed by atoms with van der Waals surface area (Å²) in [5.74, 6) is -0.299. The number of rotatable bonds is 8. The Labute approximate surface area is 147 Å². The molecule has 0 unspecified atom stereocenters. The fourth-order valence-electron chi connectivity index (χ4n) is 2.50. The van der Waals surface area contributed by atoms with Crippen molar-refractivity contribution in [2.45, 2.75) is 45.4 Å². The largest absolute Gasteiger partial charge is 0.360 e. The molecule has 1 N–H and O–H groups in total. The minimum atomic E-state index is -2.77. The maximum Gasteiger partial charge on any atom is 0.283 e. The minimum absolute atomic E-state index is 0.0326. The van der Waals surface area contributed by atoms with Crippen molar-refractivity contribution in [2.75, 3.05) is 11.9 Å². The maximum absolute atomic E-state index is 13.0. The maximum atomic E-state index is 13.0. The van der Waals surface area contributed by atoms with Gasteiger partial charge in [0.2, 0.25) is 5.91 Å². The van der Waals surface area contributed by atoms with Crippen molar-refractivity contribution in [3.63, 3.8) is 0 Å². The minimum Gasteiger partial charge on any atom is -0.360 e. The normalized spacial score (nSPS) is 14.3. The van der Waals surface area contributed by atoms with Gasteiger partial charge >= 0.3 is 0 Å². The number of nitrogens with zero attached hydrogens (tertiary/aromatic N) is 4. The lowest BCUT2D eigenvalue weighted by Gasteiger charge is -2.07. The van der Waals surface area contributed by atoms with Crippen LogP contribution in [-0.2, 0) is 22.8 Å². The fraction of sp³-hybridized carbons (Fsp3) is 0.533. The van der Waals surface area contributed by atoms with Crippen molar-refractivity contribution in [3.8, 4) is 0 Å². The van der Waals surface area contributed by atoms with Crippen LogP contribution >= 0.6 is 11.6 Å². The Hall–Kier alpha value is -2.00. The molecule has 2 aromatic rings. The van der Waals surface area contributed by atoms with Crippen molar-refractivity contribution in [2.24, 2.45) is 0 Å². The monoisotopic (exact) mass is 373 g/mol. The first-order valence-electron chi connectivity index (χ1n) is 7.93. The average molecular weight is 374 g/mol. The molecule has 1 fully saturated rings. The molecule has 3 rings (SSSR count). The highest BCUT2D eigenvalue weighted by Crippen LogP contribution is 2.45. The van der Waals surface area contributed by atoms with Crippen LogP contribution in [0.15, 0.2) is 12.4 Å². The quantitative estimate of drug-likeness (QED) is 0.771. The third-order valence-electron chi connectivity index (χ3n) is 3.77. The summed E-state index contributed by atoms with van der Waals surface area (Å²) < 4.78 is 34.0. The highest BCUT2D eigenvalue weighted by atomic mass is 35.5. The zero-order chi connectivity index (χ0) is 18.0. The summed E-state index contributed by atoms with van der Waals surface area (Å²) in [5, 5.41) is 10.5. The van der Waals surface area contributed by atoms with E-state index in [4.69, 9.17) is 16.3 Å². The van der Waals surface area contributed by atoms with Crippen LogP contribution in [-0.4, -0.2) is 32.1 Å². The number of aromatic nitrogens is 4. The number of carbonyl (C=O) groups excluding carboxylic acids is 1. The van der Waals surface area contributed by atoms with Crippen molar-refractivity contribution in [1.82, 2.24) is 19.6 Å². The number of amides is 1. The fourth-order valence-corrected chi connectivity index (χ4v) is 2.87. The molecule has 0 radical (unpaired) electrons. The lowest BCUT2D eigenvalue weighted by Crippen LogP contribution is -2.20. The second-order valence-corrected chi connectivity index (χ2v) is 6.13. The van der Waals surface area contributed by atoms with E-state index in [1.165, 1.54) is 15.6 Å². The zero-order valence-corrected chi connectivity index (χ0v) is 14.3. The molecule has 1 amide bonds. The highest BCUT2D eigenvalue weighted by molar-refractivity contribution is 6.32. The van der Waals surface area contributed by atoms with Crippen LogP contribution in [0.2, 0.25) is 5.02 Å². The second kappa shape index (κ2) is 7.49. The molecule has 0 atom stereocenters. The van der Waals surface area contributed by atoms with Gasteiger partial charge in [-0.05, 0) is 19.8 Å². The number of carbonyl (C=O) groups is 1. The topological polar surface area (TPSA) is 74.0 Å². The lowest BCUT2D eigenvalue weighted by atomic mass is 10.2. The van der Waals surface area contributed by atoms with Gasteiger partial charge in [-0.2, -0.15) is 10.2 Å². The van der Waals surface area contributed by atoms with Gasteiger partial charge in [0.1, 0.15) is 19.0 Å². The number of hydrogen-bond acceptors (Lipinski definition) is 4. The van der Waals surface area contributed by atoms with Gasteiger partial charge in [0.15, 0.2) is 0 Å². The number of halogens is 3. The smallest absolute Gasteiger partial charge is 0.283 e. The lowest BCUT2D eigenvalue weighted by molar-refractivity contribution is -0.117. The Morgan fingerprint density at radius 2 is 2.28 bits per heavy atom. The number of ether oxygens (including phenoxy) is 1. The number of anilines is 1. The molecular weight excluding hydrogens is 356 g/mol. The Balaban J connectivity index is 1.68. The van der Waals surface area contributed by atoms with E-state index < -0.39 is 18.0 Å². The van der Waals surface area contributed by atoms with E-state index in [0.717, 1.165) is 12.8 Å². The van der Waals surface area contributed by atoms with E-state index in [9.17, 15) is 13.6 Å². The Bertz CT molecular complexity index is 757. The summed E-state index contributed by atoms with van der Waals surface area (Å²) >= 11 is 6.03. The van der Waals surface area contributed by atoms with Crippen LogP contribution in [0.5, 0.6) is 0 Å². The third kappa shape index (κ3) is 4.16. The van der Waals surface area contributed by atoms with E-state index in [1.807, 2.05) is 6.92 Å². The van der Waals surface area contributed by atoms with E-state index in [1.54, 1.807) is 6.20 Å². The molecule has 10 heteroatoms. The first kappa shape index (κ1) is 17.8. The van der Waals surface area contributed by atoms with Crippen LogP contribution in [0, 0.1) is 0 Å². The van der Waals surface area contributed by atoms with Crippen LogP contribution in [0.4, 0.5) is 14.5 Å². The van der Waals surface area contributed by atoms with E-state index in [-0.39, 0.29) is 24.2 Å². The Morgan fingerprint density at radius 3 is 2.92 bits per heavy atom. The first-order chi connectivity index (χ1) is 12.0. The zero-order valence-electron chi connectivity index (χ0n) is 13.6. The number of alkyl halides is 2. The van der Waals surface area contributed by atoms with Gasteiger partial charge in [-0.25, -0.2) is 13.5 Å². The molecule has 0 saturated heterocycles. The Morgan fingerprint density at radius 1 is 1.52 bits per heavy atom. The molecule has 2 aromatic heterocycles. The van der Waals surface area contributed by atoms with Gasteiger partial charge < -0.3 is 10.1 Å². The second-order valence-electron chi connectivity index (χ2n) is 5.76. The van der Waals surface area contributed by atoms with Gasteiger partial charge in [0, 0.05) is 12.5 Å². The summed E-state index contributed by atoms with van der Waals surface area (Å²) in [5.41, 5.74) is 0.532. The number of nitrogens with one attached hydrogen (secondary N) is 1. The van der Waals surface area contributed by atoms with Gasteiger partial charge in [-0.1, -0.05) is 11.6 Å². The molecule has 0 aromatic carbocycles. The van der Waals surface area contributed by atoms with Crippen LogP contribution in [0.1, 0.15) is 43.5 Å². The summed E-state index contributed by atoms with van der Waals surface area (Å²) in [6.45, 7) is 2.52. The van der Waals surface area contributed by atoms with Gasteiger partial charge in [0.25, 0.3) is 6.43 Å². The van der Waals surface area contributed by atoms with Crippen molar-refractivity contribution >= 4 is 23.2 Å². The standard InChI is InChI=1S/C15H18ClF2N5O2/c1-2-25-8-22-6-10(5-19-22)20-11(24)7-23-14(9-3-4-9)12(16)13(21-23)15(17)18/h5-6,9,15H,2-4,7-8H2,1H3,(H,20,24). The summed E-state index contributed by atoms with van der Waals surface area (Å²) in [6, 6.07) is 0. The number of hydrogen-bond donors (Lipinski definition) is 1. The van der Waals surface area contributed by atoms with Gasteiger partial charge in [-0.15, -0.1) is 0 Å². The van der Waals surface area contributed by atoms with Gasteiger partial charge in [-0.3, -0.25) is 9.48 Å². The van der Waals surface area contributed by atoms with Crippen LogP contribution in [0.25, 0.3) is 0 Å². The molecule has 2 heterocycles. The Kier molecular flexibility index (Phi) is 5.33.